The molecule has 1 unspecified atom stereocenters. The summed E-state index contributed by atoms with van der Waals surface area (Å²) in [7, 11) is 0. The minimum atomic E-state index is -1.08. The summed E-state index contributed by atoms with van der Waals surface area (Å²) in [6, 6.07) is 2.90. The Balaban J connectivity index is 2.63. The largest absolute Gasteiger partial charge is 0.477 e. The summed E-state index contributed by atoms with van der Waals surface area (Å²) in [5.74, 6) is -1.21. The number of amides is 1. The van der Waals surface area contributed by atoms with Gasteiger partial charge in [0.25, 0.3) is 0 Å². The molecule has 0 aliphatic carbocycles. The number of carboxylic acid groups (broad SMARTS) is 1. The van der Waals surface area contributed by atoms with Crippen LogP contribution in [0.4, 0.5) is 5.69 Å². The average Bonchev–Trinajstić information content (AvgIpc) is 2.30. The first kappa shape index (κ1) is 13.2. The maximum Gasteiger partial charge on any atom is 0.354 e. The van der Waals surface area contributed by atoms with Crippen LogP contribution in [0.25, 0.3) is 0 Å². The molecule has 5 nitrogen and oxygen atoms in total. The lowest BCUT2D eigenvalue weighted by molar-refractivity contribution is -0.119. The number of carbonyl (C=O) groups excluding carboxylic acids is 1. The number of carboxylic acids is 1. The molecule has 17 heavy (non-hydrogen) atoms. The number of nitrogens with zero attached hydrogens (tertiary/aromatic N) is 1. The van der Waals surface area contributed by atoms with Crippen LogP contribution in [-0.4, -0.2) is 22.0 Å². The quantitative estimate of drug-likeness (QED) is 0.821. The first-order chi connectivity index (χ1) is 8.04. The van der Waals surface area contributed by atoms with E-state index in [-0.39, 0.29) is 17.5 Å². The zero-order chi connectivity index (χ0) is 12.8. The van der Waals surface area contributed by atoms with Gasteiger partial charge in [-0.25, -0.2) is 9.78 Å². The third-order valence-electron chi connectivity index (χ3n) is 2.42. The summed E-state index contributed by atoms with van der Waals surface area (Å²) in [6.07, 6.45) is 3.12. The van der Waals surface area contributed by atoms with Crippen molar-refractivity contribution in [2.75, 3.05) is 5.32 Å². The van der Waals surface area contributed by atoms with Crippen LogP contribution in [0.15, 0.2) is 18.3 Å². The molecule has 0 bridgehead atoms. The zero-order valence-electron chi connectivity index (χ0n) is 9.93. The Hall–Kier alpha value is -1.91. The van der Waals surface area contributed by atoms with Crippen molar-refractivity contribution in [2.45, 2.75) is 26.7 Å². The molecule has 1 rings (SSSR count). The van der Waals surface area contributed by atoms with Crippen LogP contribution in [0.5, 0.6) is 0 Å². The first-order valence-corrected chi connectivity index (χ1v) is 5.54. The molecule has 0 aliphatic rings. The van der Waals surface area contributed by atoms with Crippen LogP contribution in [0, 0.1) is 5.92 Å². The maximum atomic E-state index is 11.7. The van der Waals surface area contributed by atoms with E-state index in [1.165, 1.54) is 18.3 Å². The van der Waals surface area contributed by atoms with Crippen LogP contribution in [-0.2, 0) is 4.79 Å². The standard InChI is InChI=1S/C12H16N2O3/c1-3-4-8(2)11(15)14-9-5-6-10(12(16)17)13-7-9/h5-8H,3-4H2,1-2H3,(H,14,15)(H,16,17). The fourth-order valence-corrected chi connectivity index (χ4v) is 1.42. The fraction of sp³-hybridized carbons (Fsp3) is 0.417. The molecular formula is C12H16N2O3. The third kappa shape index (κ3) is 3.86. The first-order valence-electron chi connectivity index (χ1n) is 5.54. The van der Waals surface area contributed by atoms with Gasteiger partial charge in [-0.3, -0.25) is 4.79 Å². The van der Waals surface area contributed by atoms with Gasteiger partial charge < -0.3 is 10.4 Å². The molecule has 1 heterocycles. The normalized spacial score (nSPS) is 11.9. The molecular weight excluding hydrogens is 220 g/mol. The number of anilines is 1. The summed E-state index contributed by atoms with van der Waals surface area (Å²) in [4.78, 5) is 26.0. The lowest BCUT2D eigenvalue weighted by Crippen LogP contribution is -2.20. The second kappa shape index (κ2) is 5.98. The highest BCUT2D eigenvalue weighted by Crippen LogP contribution is 2.11. The summed E-state index contributed by atoms with van der Waals surface area (Å²) in [6.45, 7) is 3.88. The predicted octanol–water partition coefficient (Wildman–Crippen LogP) is 2.15. The van der Waals surface area contributed by atoms with E-state index in [2.05, 4.69) is 10.3 Å². The molecule has 0 saturated heterocycles. The van der Waals surface area contributed by atoms with Crippen molar-refractivity contribution in [3.05, 3.63) is 24.0 Å². The lowest BCUT2D eigenvalue weighted by Gasteiger charge is -2.10. The third-order valence-corrected chi connectivity index (χ3v) is 2.42. The van der Waals surface area contributed by atoms with Crippen molar-refractivity contribution in [2.24, 2.45) is 5.92 Å². The Kier molecular flexibility index (Phi) is 4.63. The number of hydrogen-bond donors (Lipinski definition) is 2. The molecule has 92 valence electrons. The molecule has 2 N–H and O–H groups in total. The molecule has 0 spiro atoms. The van der Waals surface area contributed by atoms with Gasteiger partial charge in [0, 0.05) is 5.92 Å². The number of rotatable bonds is 5. The van der Waals surface area contributed by atoms with Gasteiger partial charge in [-0.2, -0.15) is 0 Å². The van der Waals surface area contributed by atoms with Crippen LogP contribution in [0.2, 0.25) is 0 Å². The molecule has 0 radical (unpaired) electrons. The summed E-state index contributed by atoms with van der Waals surface area (Å²) >= 11 is 0. The Bertz CT molecular complexity index is 401. The van der Waals surface area contributed by atoms with Crippen LogP contribution < -0.4 is 5.32 Å². The molecule has 0 aromatic carbocycles. The lowest BCUT2D eigenvalue weighted by atomic mass is 10.1. The topological polar surface area (TPSA) is 79.3 Å². The number of carbonyl (C=O) groups is 2. The number of aromatic carboxylic acids is 1. The molecule has 1 atom stereocenters. The summed E-state index contributed by atoms with van der Waals surface area (Å²) in [5, 5.41) is 11.4. The second-order valence-corrected chi connectivity index (χ2v) is 3.92. The smallest absolute Gasteiger partial charge is 0.354 e. The van der Waals surface area contributed by atoms with Crippen molar-refractivity contribution < 1.29 is 14.7 Å². The number of hydrogen-bond acceptors (Lipinski definition) is 3. The monoisotopic (exact) mass is 236 g/mol. The number of aromatic nitrogens is 1. The molecule has 0 fully saturated rings. The number of nitrogens with one attached hydrogen (secondary N) is 1. The van der Waals surface area contributed by atoms with Gasteiger partial charge in [0.1, 0.15) is 5.69 Å². The van der Waals surface area contributed by atoms with Crippen LogP contribution in [0.3, 0.4) is 0 Å². The maximum absolute atomic E-state index is 11.7. The highest BCUT2D eigenvalue weighted by molar-refractivity contribution is 5.92. The zero-order valence-corrected chi connectivity index (χ0v) is 9.93. The highest BCUT2D eigenvalue weighted by Gasteiger charge is 2.12. The van der Waals surface area contributed by atoms with Gasteiger partial charge in [-0.05, 0) is 18.6 Å². The molecule has 0 saturated carbocycles. The Morgan fingerprint density at radius 1 is 1.47 bits per heavy atom. The Morgan fingerprint density at radius 3 is 2.65 bits per heavy atom. The van der Waals surface area contributed by atoms with E-state index < -0.39 is 5.97 Å². The van der Waals surface area contributed by atoms with Crippen molar-refractivity contribution in [3.8, 4) is 0 Å². The van der Waals surface area contributed by atoms with Gasteiger partial charge in [0.05, 0.1) is 11.9 Å². The Labute approximate surface area is 99.9 Å². The SMILES string of the molecule is CCCC(C)C(=O)Nc1ccc(C(=O)O)nc1. The number of pyridine rings is 1. The van der Waals surface area contributed by atoms with Crippen molar-refractivity contribution >= 4 is 17.6 Å². The minimum Gasteiger partial charge on any atom is -0.477 e. The minimum absolute atomic E-state index is 0.0374. The van der Waals surface area contributed by atoms with Gasteiger partial charge in [0.15, 0.2) is 0 Å². The fourth-order valence-electron chi connectivity index (χ4n) is 1.42. The second-order valence-electron chi connectivity index (χ2n) is 3.92. The van der Waals surface area contributed by atoms with E-state index in [0.29, 0.717) is 5.69 Å². The van der Waals surface area contributed by atoms with Gasteiger partial charge in [-0.15, -0.1) is 0 Å². The van der Waals surface area contributed by atoms with E-state index in [1.54, 1.807) is 0 Å². The van der Waals surface area contributed by atoms with E-state index in [1.807, 2.05) is 13.8 Å². The Morgan fingerprint density at radius 2 is 2.18 bits per heavy atom. The van der Waals surface area contributed by atoms with E-state index in [4.69, 9.17) is 5.11 Å². The summed E-state index contributed by atoms with van der Waals surface area (Å²) < 4.78 is 0. The van der Waals surface area contributed by atoms with Crippen molar-refractivity contribution in [1.29, 1.82) is 0 Å². The van der Waals surface area contributed by atoms with Crippen molar-refractivity contribution in [1.82, 2.24) is 4.98 Å². The van der Waals surface area contributed by atoms with Gasteiger partial charge in [0.2, 0.25) is 5.91 Å². The molecule has 1 aromatic heterocycles. The average molecular weight is 236 g/mol. The van der Waals surface area contributed by atoms with Crippen LogP contribution >= 0.6 is 0 Å². The molecule has 1 amide bonds. The van der Waals surface area contributed by atoms with E-state index in [9.17, 15) is 9.59 Å². The highest BCUT2D eigenvalue weighted by atomic mass is 16.4. The predicted molar refractivity (Wildman–Crippen MR) is 63.9 cm³/mol. The van der Waals surface area contributed by atoms with E-state index >= 15 is 0 Å². The van der Waals surface area contributed by atoms with E-state index in [0.717, 1.165) is 12.8 Å². The van der Waals surface area contributed by atoms with Crippen molar-refractivity contribution in [3.63, 3.8) is 0 Å². The molecule has 0 aliphatic heterocycles. The van der Waals surface area contributed by atoms with Crippen LogP contribution in [0.1, 0.15) is 37.2 Å². The molecule has 1 aromatic rings. The van der Waals surface area contributed by atoms with Gasteiger partial charge in [-0.1, -0.05) is 20.3 Å². The van der Waals surface area contributed by atoms with Gasteiger partial charge >= 0.3 is 5.97 Å². The summed E-state index contributed by atoms with van der Waals surface area (Å²) in [5.41, 5.74) is 0.479. The molecule has 5 heteroatoms.